The van der Waals surface area contributed by atoms with Crippen LogP contribution < -0.4 is 39.4 Å². The molecule has 0 amide bonds. The van der Waals surface area contributed by atoms with Crippen molar-refractivity contribution in [3.8, 4) is 17.0 Å². The molecule has 0 unspecified atom stereocenters. The first-order valence-corrected chi connectivity index (χ1v) is 8.27. The summed E-state index contributed by atoms with van der Waals surface area (Å²) in [5, 5.41) is 11.3. The molecule has 0 saturated carbocycles. The van der Waals surface area contributed by atoms with Crippen LogP contribution in [0.4, 0.5) is 0 Å². The van der Waals surface area contributed by atoms with Crippen molar-refractivity contribution in [2.45, 2.75) is 0 Å². The monoisotopic (exact) mass is 385 g/mol. The molecular formula is C17H17ClN3NaO4. The van der Waals surface area contributed by atoms with Gasteiger partial charge in [-0.3, -0.25) is 4.90 Å². The molecule has 0 atom stereocenters. The zero-order chi connectivity index (χ0) is 17.6. The number of morpholine rings is 1. The number of halogens is 1. The van der Waals surface area contributed by atoms with Crippen molar-refractivity contribution in [3.63, 3.8) is 0 Å². The molecule has 1 saturated heterocycles. The molecule has 2 aromatic rings. The number of aromatic carboxylic acids is 1. The van der Waals surface area contributed by atoms with Gasteiger partial charge in [-0.1, -0.05) is 11.6 Å². The molecule has 1 aromatic carbocycles. The first kappa shape index (κ1) is 21.1. The molecule has 26 heavy (non-hydrogen) atoms. The summed E-state index contributed by atoms with van der Waals surface area (Å²) in [6, 6.07) is 6.56. The van der Waals surface area contributed by atoms with Crippen LogP contribution in [0.15, 0.2) is 30.6 Å². The number of hydrogen-bond acceptors (Lipinski definition) is 7. The van der Waals surface area contributed by atoms with Crippen molar-refractivity contribution in [3.05, 3.63) is 41.3 Å². The molecule has 1 aliphatic rings. The van der Waals surface area contributed by atoms with Crippen molar-refractivity contribution in [1.82, 2.24) is 14.9 Å². The Kier molecular flexibility index (Phi) is 8.27. The molecule has 1 aromatic heterocycles. The zero-order valence-corrected chi connectivity index (χ0v) is 17.2. The minimum atomic E-state index is -1.35. The maximum Gasteiger partial charge on any atom is 1.00 e. The maximum absolute atomic E-state index is 10.9. The van der Waals surface area contributed by atoms with E-state index < -0.39 is 5.97 Å². The quantitative estimate of drug-likeness (QED) is 0.525. The first-order valence-electron chi connectivity index (χ1n) is 7.90. The van der Waals surface area contributed by atoms with Crippen molar-refractivity contribution >= 4 is 17.6 Å². The van der Waals surface area contributed by atoms with E-state index in [1.54, 1.807) is 18.2 Å². The molecule has 0 bridgehead atoms. The van der Waals surface area contributed by atoms with E-state index in [-0.39, 0.29) is 35.3 Å². The fraction of sp³-hybridized carbons (Fsp3) is 0.353. The van der Waals surface area contributed by atoms with Crippen LogP contribution in [0, 0.1) is 0 Å². The van der Waals surface area contributed by atoms with Crippen LogP contribution in [0.3, 0.4) is 0 Å². The molecule has 0 N–H and O–H groups in total. The van der Waals surface area contributed by atoms with Gasteiger partial charge < -0.3 is 19.4 Å². The summed E-state index contributed by atoms with van der Waals surface area (Å²) in [5.74, 6) is -0.773. The van der Waals surface area contributed by atoms with Crippen LogP contribution >= 0.6 is 11.6 Å². The second-order valence-electron chi connectivity index (χ2n) is 5.52. The average Bonchev–Trinajstić information content (AvgIpc) is 2.64. The van der Waals surface area contributed by atoms with Crippen molar-refractivity contribution in [1.29, 1.82) is 0 Å². The summed E-state index contributed by atoms with van der Waals surface area (Å²) in [6.07, 6.45) is 1.18. The fourth-order valence-corrected chi connectivity index (χ4v) is 2.75. The Labute approximate surface area is 178 Å². The smallest absolute Gasteiger partial charge is 0.543 e. The Balaban J connectivity index is 0.00000243. The van der Waals surface area contributed by atoms with Gasteiger partial charge in [-0.05, 0) is 24.3 Å². The van der Waals surface area contributed by atoms with Gasteiger partial charge in [0.2, 0.25) is 0 Å². The normalized spacial score (nSPS) is 14.5. The van der Waals surface area contributed by atoms with Gasteiger partial charge in [0, 0.05) is 25.2 Å². The number of nitrogens with zero attached hydrogens (tertiary/aromatic N) is 3. The molecule has 1 fully saturated rings. The predicted molar refractivity (Wildman–Crippen MR) is 89.6 cm³/mol. The number of benzene rings is 1. The van der Waals surface area contributed by atoms with E-state index in [1.807, 2.05) is 0 Å². The molecule has 9 heteroatoms. The van der Waals surface area contributed by atoms with Crippen molar-refractivity contribution in [2.75, 3.05) is 39.5 Å². The molecule has 0 spiro atoms. The van der Waals surface area contributed by atoms with Crippen molar-refractivity contribution < 1.29 is 48.9 Å². The Morgan fingerprint density at radius 2 is 2.04 bits per heavy atom. The minimum Gasteiger partial charge on any atom is -0.543 e. The van der Waals surface area contributed by atoms with Crippen LogP contribution in [0.1, 0.15) is 10.5 Å². The van der Waals surface area contributed by atoms with Crippen LogP contribution in [0.5, 0.6) is 5.75 Å². The third-order valence-corrected chi connectivity index (χ3v) is 4.17. The number of carbonyl (C=O) groups is 1. The summed E-state index contributed by atoms with van der Waals surface area (Å²) >= 11 is 6.27. The number of rotatable bonds is 6. The Bertz CT molecular complexity index is 757. The van der Waals surface area contributed by atoms with E-state index in [4.69, 9.17) is 21.1 Å². The van der Waals surface area contributed by atoms with E-state index in [0.29, 0.717) is 28.6 Å². The molecule has 3 rings (SSSR count). The fourth-order valence-electron chi connectivity index (χ4n) is 2.51. The van der Waals surface area contributed by atoms with Gasteiger partial charge in [0.05, 0.1) is 35.6 Å². The van der Waals surface area contributed by atoms with Gasteiger partial charge in [-0.2, -0.15) is 0 Å². The summed E-state index contributed by atoms with van der Waals surface area (Å²) in [7, 11) is 0. The van der Waals surface area contributed by atoms with Crippen LogP contribution in [-0.4, -0.2) is 60.3 Å². The number of ether oxygens (including phenoxy) is 2. The third-order valence-electron chi connectivity index (χ3n) is 3.87. The molecule has 0 radical (unpaired) electrons. The molecular weight excluding hydrogens is 369 g/mol. The number of carbonyl (C=O) groups excluding carboxylic acids is 1. The van der Waals surface area contributed by atoms with Gasteiger partial charge in [-0.15, -0.1) is 0 Å². The van der Waals surface area contributed by atoms with Gasteiger partial charge >= 0.3 is 29.6 Å². The van der Waals surface area contributed by atoms with Crippen molar-refractivity contribution in [2.24, 2.45) is 0 Å². The predicted octanol–water partition coefficient (Wildman–Crippen LogP) is -2.12. The average molecular weight is 386 g/mol. The first-order chi connectivity index (χ1) is 12.1. The van der Waals surface area contributed by atoms with E-state index in [9.17, 15) is 9.90 Å². The van der Waals surface area contributed by atoms with E-state index >= 15 is 0 Å². The molecule has 7 nitrogen and oxygen atoms in total. The number of hydrogen-bond donors (Lipinski definition) is 0. The largest absolute Gasteiger partial charge is 1.00 e. The second-order valence-corrected chi connectivity index (χ2v) is 5.93. The zero-order valence-electron chi connectivity index (χ0n) is 14.5. The van der Waals surface area contributed by atoms with Gasteiger partial charge in [0.25, 0.3) is 0 Å². The van der Waals surface area contributed by atoms with Crippen LogP contribution in [0.2, 0.25) is 5.02 Å². The molecule has 1 aliphatic heterocycles. The number of carboxylic acids is 1. The topological polar surface area (TPSA) is 87.6 Å². The standard InChI is InChI=1S/C17H18ClN3O4.Na/c18-13-9-12(14-10-15(17(22)23)20-11-19-14)1-2-16(13)25-8-5-21-3-6-24-7-4-21;/h1-2,9-11H,3-8H2,(H,22,23);/q;+1/p-1. The number of aromatic nitrogens is 2. The van der Waals surface area contributed by atoms with Gasteiger partial charge in [0.15, 0.2) is 0 Å². The van der Waals surface area contributed by atoms with E-state index in [2.05, 4.69) is 14.9 Å². The Morgan fingerprint density at radius 3 is 2.73 bits per heavy atom. The summed E-state index contributed by atoms with van der Waals surface area (Å²) in [4.78, 5) is 20.9. The van der Waals surface area contributed by atoms with Gasteiger partial charge in [0.1, 0.15) is 18.7 Å². The summed E-state index contributed by atoms with van der Waals surface area (Å²) in [5.41, 5.74) is 0.957. The molecule has 2 heterocycles. The van der Waals surface area contributed by atoms with Crippen LogP contribution in [0.25, 0.3) is 11.3 Å². The minimum absolute atomic E-state index is 0. The van der Waals surface area contributed by atoms with E-state index in [1.165, 1.54) is 12.4 Å². The maximum atomic E-state index is 10.9. The molecule has 132 valence electrons. The summed E-state index contributed by atoms with van der Waals surface area (Å²) in [6.45, 7) is 4.66. The SMILES string of the molecule is O=C([O-])c1cc(-c2ccc(OCCN3CCOCC3)c(Cl)c2)ncn1.[Na+]. The Morgan fingerprint density at radius 1 is 1.27 bits per heavy atom. The van der Waals surface area contributed by atoms with E-state index in [0.717, 1.165) is 32.8 Å². The summed E-state index contributed by atoms with van der Waals surface area (Å²) < 4.78 is 11.0. The second kappa shape index (κ2) is 10.2. The third kappa shape index (κ3) is 5.64. The molecule has 0 aliphatic carbocycles. The Hall–Kier alpha value is -1.22. The number of carboxylic acid groups (broad SMARTS) is 1. The van der Waals surface area contributed by atoms with Gasteiger partial charge in [-0.25, -0.2) is 9.97 Å². The van der Waals surface area contributed by atoms with Crippen LogP contribution in [-0.2, 0) is 4.74 Å².